The van der Waals surface area contributed by atoms with Crippen LogP contribution in [-0.4, -0.2) is 31.9 Å². The van der Waals surface area contributed by atoms with Gasteiger partial charge in [0.15, 0.2) is 0 Å². The molecule has 0 spiro atoms. The average Bonchev–Trinajstić information content (AvgIpc) is 2.82. The van der Waals surface area contributed by atoms with Crippen molar-refractivity contribution in [3.63, 3.8) is 0 Å². The van der Waals surface area contributed by atoms with Gasteiger partial charge in [-0.15, -0.1) is 0 Å². The van der Waals surface area contributed by atoms with E-state index < -0.39 is 26.6 Å². The first kappa shape index (κ1) is 14.8. The van der Waals surface area contributed by atoms with Gasteiger partial charge in [0.2, 0.25) is 10.0 Å². The topological polar surface area (TPSA) is 63.4 Å². The molecule has 0 bridgehead atoms. The first-order valence-electron chi connectivity index (χ1n) is 5.74. The highest BCUT2D eigenvalue weighted by Gasteiger charge is 2.36. The molecule has 19 heavy (non-hydrogen) atoms. The number of nitrogens with zero attached hydrogens (tertiary/aromatic N) is 1. The van der Waals surface area contributed by atoms with E-state index in [0.717, 1.165) is 6.07 Å². The minimum atomic E-state index is -3.99. The Balaban J connectivity index is 2.48. The summed E-state index contributed by atoms with van der Waals surface area (Å²) in [4.78, 5) is -0.527. The molecule has 0 unspecified atom stereocenters. The minimum absolute atomic E-state index is 0.0871. The summed E-state index contributed by atoms with van der Waals surface area (Å²) in [6.45, 7) is 0.488. The van der Waals surface area contributed by atoms with Gasteiger partial charge in [-0.05, 0) is 34.8 Å². The molecule has 0 saturated carbocycles. The molecular formula is C11H13BrF2N2O2S. The second-order valence-electron chi connectivity index (χ2n) is 4.34. The normalized spacial score (nSPS) is 20.9. The zero-order valence-electron chi connectivity index (χ0n) is 9.94. The van der Waals surface area contributed by atoms with Crippen LogP contribution in [0.15, 0.2) is 21.5 Å². The van der Waals surface area contributed by atoms with Crippen LogP contribution in [0.3, 0.4) is 0 Å². The lowest BCUT2D eigenvalue weighted by Crippen LogP contribution is -2.40. The summed E-state index contributed by atoms with van der Waals surface area (Å²) in [6.07, 6.45) is 1.34. The molecule has 1 aromatic rings. The highest BCUT2D eigenvalue weighted by Crippen LogP contribution is 2.30. The maximum absolute atomic E-state index is 13.7. The summed E-state index contributed by atoms with van der Waals surface area (Å²) in [5.41, 5.74) is 5.52. The molecule has 106 valence electrons. The second kappa shape index (κ2) is 5.43. The lowest BCUT2D eigenvalue weighted by Gasteiger charge is -2.23. The van der Waals surface area contributed by atoms with Crippen molar-refractivity contribution in [2.75, 3.05) is 13.1 Å². The Morgan fingerprint density at radius 3 is 2.68 bits per heavy atom. The number of nitrogens with two attached hydrogens (primary N) is 1. The molecule has 0 radical (unpaired) electrons. The zero-order chi connectivity index (χ0) is 14.2. The molecule has 0 aromatic heterocycles. The van der Waals surface area contributed by atoms with Crippen molar-refractivity contribution in [1.82, 2.24) is 4.31 Å². The molecule has 2 N–H and O–H groups in total. The number of hydrogen-bond acceptors (Lipinski definition) is 3. The van der Waals surface area contributed by atoms with Gasteiger partial charge in [-0.1, -0.05) is 0 Å². The van der Waals surface area contributed by atoms with Crippen LogP contribution < -0.4 is 5.73 Å². The molecule has 0 aliphatic carbocycles. The summed E-state index contributed by atoms with van der Waals surface area (Å²) in [5, 5.41) is 0. The van der Waals surface area contributed by atoms with E-state index >= 15 is 0 Å². The van der Waals surface area contributed by atoms with E-state index in [1.807, 2.05) is 0 Å². The molecule has 1 heterocycles. The third kappa shape index (κ3) is 2.67. The summed E-state index contributed by atoms with van der Waals surface area (Å²) in [6, 6.07) is 1.18. The van der Waals surface area contributed by atoms with E-state index in [0.29, 0.717) is 25.5 Å². The van der Waals surface area contributed by atoms with Gasteiger partial charge in [-0.2, -0.15) is 4.31 Å². The van der Waals surface area contributed by atoms with Gasteiger partial charge >= 0.3 is 0 Å². The van der Waals surface area contributed by atoms with Crippen molar-refractivity contribution in [3.8, 4) is 0 Å². The fraction of sp³-hybridized carbons (Fsp3) is 0.455. The van der Waals surface area contributed by atoms with Crippen LogP contribution in [0.4, 0.5) is 8.78 Å². The molecule has 0 amide bonds. The van der Waals surface area contributed by atoms with Crippen LogP contribution in [0.5, 0.6) is 0 Å². The van der Waals surface area contributed by atoms with Crippen LogP contribution in [-0.2, 0) is 10.0 Å². The molecule has 1 saturated heterocycles. The van der Waals surface area contributed by atoms with Crippen molar-refractivity contribution < 1.29 is 17.2 Å². The maximum Gasteiger partial charge on any atom is 0.246 e. The van der Waals surface area contributed by atoms with Gasteiger partial charge in [0.1, 0.15) is 16.5 Å². The van der Waals surface area contributed by atoms with Crippen molar-refractivity contribution in [2.24, 2.45) is 5.73 Å². The number of halogens is 3. The van der Waals surface area contributed by atoms with Crippen molar-refractivity contribution in [1.29, 1.82) is 0 Å². The molecular weight excluding hydrogens is 342 g/mol. The number of sulfonamides is 1. The fourth-order valence-corrected chi connectivity index (χ4v) is 4.46. The largest absolute Gasteiger partial charge is 0.329 e. The number of benzene rings is 1. The third-order valence-corrected chi connectivity index (χ3v) is 5.73. The van der Waals surface area contributed by atoms with E-state index in [9.17, 15) is 17.2 Å². The van der Waals surface area contributed by atoms with Crippen LogP contribution in [0.2, 0.25) is 0 Å². The Kier molecular flexibility index (Phi) is 4.24. The molecule has 1 fully saturated rings. The van der Waals surface area contributed by atoms with E-state index in [1.165, 1.54) is 4.31 Å². The first-order chi connectivity index (χ1) is 8.87. The number of hydrogen-bond donors (Lipinski definition) is 1. The average molecular weight is 355 g/mol. The smallest absolute Gasteiger partial charge is 0.246 e. The highest BCUT2D eigenvalue weighted by atomic mass is 79.9. The molecule has 1 aliphatic heterocycles. The van der Waals surface area contributed by atoms with Gasteiger partial charge in [-0.25, -0.2) is 17.2 Å². The molecule has 1 aromatic carbocycles. The van der Waals surface area contributed by atoms with E-state index in [1.54, 1.807) is 0 Å². The summed E-state index contributed by atoms with van der Waals surface area (Å²) < 4.78 is 52.7. The van der Waals surface area contributed by atoms with E-state index in [2.05, 4.69) is 15.9 Å². The minimum Gasteiger partial charge on any atom is -0.329 e. The Hall–Kier alpha value is -0.570. The Labute approximate surface area is 118 Å². The van der Waals surface area contributed by atoms with Crippen LogP contribution >= 0.6 is 15.9 Å². The predicted octanol–water partition coefficient (Wildman–Crippen LogP) is 1.84. The quantitative estimate of drug-likeness (QED) is 0.842. The van der Waals surface area contributed by atoms with Gasteiger partial charge < -0.3 is 5.73 Å². The van der Waals surface area contributed by atoms with E-state index in [4.69, 9.17) is 5.73 Å². The Morgan fingerprint density at radius 1 is 1.37 bits per heavy atom. The molecule has 2 rings (SSSR count). The standard InChI is InChI=1S/C11H13BrF2N2O2S/c12-8-4-11(10(14)5-9(8)13)19(17,18)16-3-1-2-7(16)6-15/h4-5,7H,1-3,6,15H2/t7-/m0/s1. The monoisotopic (exact) mass is 354 g/mol. The second-order valence-corrected chi connectivity index (χ2v) is 7.06. The van der Waals surface area contributed by atoms with E-state index in [-0.39, 0.29) is 17.1 Å². The van der Waals surface area contributed by atoms with Gasteiger partial charge in [0.05, 0.1) is 4.47 Å². The van der Waals surface area contributed by atoms with Crippen LogP contribution in [0.1, 0.15) is 12.8 Å². The number of rotatable bonds is 3. The van der Waals surface area contributed by atoms with Crippen LogP contribution in [0.25, 0.3) is 0 Å². The molecule has 1 aliphatic rings. The van der Waals surface area contributed by atoms with Gasteiger partial charge in [0.25, 0.3) is 0 Å². The van der Waals surface area contributed by atoms with Gasteiger partial charge in [-0.3, -0.25) is 0 Å². The predicted molar refractivity (Wildman–Crippen MR) is 70.0 cm³/mol. The summed E-state index contributed by atoms with van der Waals surface area (Å²) in [5.74, 6) is -1.93. The molecule has 8 heteroatoms. The van der Waals surface area contributed by atoms with Crippen molar-refractivity contribution >= 4 is 26.0 Å². The van der Waals surface area contributed by atoms with Gasteiger partial charge in [0, 0.05) is 25.2 Å². The lowest BCUT2D eigenvalue weighted by atomic mass is 10.2. The third-order valence-electron chi connectivity index (χ3n) is 3.16. The first-order valence-corrected chi connectivity index (χ1v) is 7.97. The summed E-state index contributed by atoms with van der Waals surface area (Å²) >= 11 is 2.86. The molecule has 1 atom stereocenters. The summed E-state index contributed by atoms with van der Waals surface area (Å²) in [7, 11) is -3.99. The Bertz CT molecular complexity index is 595. The highest BCUT2D eigenvalue weighted by molar-refractivity contribution is 9.10. The molecule has 4 nitrogen and oxygen atoms in total. The SMILES string of the molecule is NC[C@@H]1CCCN1S(=O)(=O)c1cc(Br)c(F)cc1F. The Morgan fingerprint density at radius 2 is 2.05 bits per heavy atom. The maximum atomic E-state index is 13.7. The van der Waals surface area contributed by atoms with Crippen molar-refractivity contribution in [3.05, 3.63) is 28.2 Å². The zero-order valence-corrected chi connectivity index (χ0v) is 12.3. The van der Waals surface area contributed by atoms with Crippen LogP contribution in [0, 0.1) is 11.6 Å². The van der Waals surface area contributed by atoms with Crippen molar-refractivity contribution in [2.45, 2.75) is 23.8 Å². The lowest BCUT2D eigenvalue weighted by molar-refractivity contribution is 0.390. The fourth-order valence-electron chi connectivity index (χ4n) is 2.19.